The third-order valence-electron chi connectivity index (χ3n) is 6.80. The predicted octanol–water partition coefficient (Wildman–Crippen LogP) is 6.53. The topological polar surface area (TPSA) is 97.2 Å². The summed E-state index contributed by atoms with van der Waals surface area (Å²) < 4.78 is 14.9. The first-order valence-electron chi connectivity index (χ1n) is 12.5. The summed E-state index contributed by atoms with van der Waals surface area (Å²) in [5.41, 5.74) is 3.32. The van der Waals surface area contributed by atoms with Crippen LogP contribution in [0.1, 0.15) is 45.6 Å². The Kier molecular flexibility index (Phi) is 8.02. The minimum atomic E-state index is -0.479. The Morgan fingerprint density at radius 1 is 1.26 bits per heavy atom. The smallest absolute Gasteiger partial charge is 0.229 e. The summed E-state index contributed by atoms with van der Waals surface area (Å²) in [5.74, 6) is 0.111. The summed E-state index contributed by atoms with van der Waals surface area (Å²) in [4.78, 5) is 25.2. The molecule has 38 heavy (non-hydrogen) atoms. The van der Waals surface area contributed by atoms with E-state index in [2.05, 4.69) is 40.5 Å². The van der Waals surface area contributed by atoms with Crippen LogP contribution in [-0.4, -0.2) is 36.0 Å². The van der Waals surface area contributed by atoms with Gasteiger partial charge in [0.25, 0.3) is 0 Å². The number of amides is 1. The van der Waals surface area contributed by atoms with E-state index >= 15 is 0 Å². The number of nitriles is 1. The summed E-state index contributed by atoms with van der Waals surface area (Å²) in [6.45, 7) is 7.28. The van der Waals surface area contributed by atoms with Gasteiger partial charge in [-0.05, 0) is 48.6 Å². The van der Waals surface area contributed by atoms with Crippen LogP contribution in [0, 0.1) is 17.1 Å². The average Bonchev–Trinajstić information content (AvgIpc) is 2.98. The molecule has 0 spiro atoms. The van der Waals surface area contributed by atoms with Crippen molar-refractivity contribution in [2.24, 2.45) is 0 Å². The van der Waals surface area contributed by atoms with Crippen LogP contribution in [-0.2, 0) is 10.2 Å². The molecular weight excluding hydrogens is 505 g/mol. The molecule has 3 aromatic rings. The molecule has 1 amide bonds. The molecule has 0 saturated heterocycles. The molecule has 0 radical (unpaired) electrons. The number of nitrogens with one attached hydrogen (secondary N) is 2. The molecule has 2 aromatic carbocycles. The Hall–Kier alpha value is -3.90. The van der Waals surface area contributed by atoms with Crippen molar-refractivity contribution in [2.75, 3.05) is 40.6 Å². The highest BCUT2D eigenvalue weighted by atomic mass is 35.5. The second kappa shape index (κ2) is 11.2. The standard InChI is InChI=1S/C28H31ClFN7O/c1-5-37-23-16-18(10-11-19(23)28(2,3)13-12-24(37)38)33-27-32-17-20(29)26(35-27)34-25-21(30)8-6-9-22(25)36(4)15-7-14-31/h6,8-11,16-17H,5,7,12-13,15H2,1-4H3,(H2,32,33,34,35). The van der Waals surface area contributed by atoms with Crippen LogP contribution in [0.3, 0.4) is 0 Å². The van der Waals surface area contributed by atoms with Gasteiger partial charge in [-0.15, -0.1) is 0 Å². The zero-order valence-corrected chi connectivity index (χ0v) is 22.7. The third kappa shape index (κ3) is 5.65. The van der Waals surface area contributed by atoms with Gasteiger partial charge in [0, 0.05) is 37.9 Å². The fourth-order valence-corrected chi connectivity index (χ4v) is 4.77. The predicted molar refractivity (Wildman–Crippen MR) is 150 cm³/mol. The minimum Gasteiger partial charge on any atom is -0.372 e. The molecule has 1 aliphatic rings. The summed E-state index contributed by atoms with van der Waals surface area (Å²) in [6, 6.07) is 12.7. The molecule has 2 heterocycles. The van der Waals surface area contributed by atoms with Crippen molar-refractivity contribution in [1.29, 1.82) is 5.26 Å². The number of hydrogen-bond acceptors (Lipinski definition) is 7. The molecule has 0 saturated carbocycles. The van der Waals surface area contributed by atoms with Crippen LogP contribution in [0.4, 0.5) is 38.9 Å². The number of halogens is 2. The van der Waals surface area contributed by atoms with E-state index < -0.39 is 5.82 Å². The lowest BCUT2D eigenvalue weighted by Gasteiger charge is -2.27. The van der Waals surface area contributed by atoms with Gasteiger partial charge >= 0.3 is 0 Å². The van der Waals surface area contributed by atoms with Crippen LogP contribution in [0.5, 0.6) is 0 Å². The van der Waals surface area contributed by atoms with Crippen LogP contribution in [0.2, 0.25) is 5.02 Å². The van der Waals surface area contributed by atoms with Crippen molar-refractivity contribution in [3.05, 3.63) is 59.0 Å². The molecule has 0 aliphatic carbocycles. The number of fused-ring (bicyclic) bond motifs is 1. The first kappa shape index (κ1) is 27.1. The van der Waals surface area contributed by atoms with E-state index in [0.717, 1.165) is 17.7 Å². The van der Waals surface area contributed by atoms with Crippen molar-refractivity contribution in [3.8, 4) is 6.07 Å². The van der Waals surface area contributed by atoms with E-state index in [1.54, 1.807) is 24.1 Å². The molecule has 0 bridgehead atoms. The molecule has 2 N–H and O–H groups in total. The quantitative estimate of drug-likeness (QED) is 0.338. The highest BCUT2D eigenvalue weighted by molar-refractivity contribution is 6.33. The van der Waals surface area contributed by atoms with E-state index in [4.69, 9.17) is 16.9 Å². The molecule has 198 valence electrons. The molecule has 4 rings (SSSR count). The summed E-state index contributed by atoms with van der Waals surface area (Å²) in [5, 5.41) is 15.4. The molecule has 10 heteroatoms. The maximum atomic E-state index is 14.9. The Balaban J connectivity index is 1.65. The Morgan fingerprint density at radius 2 is 2.05 bits per heavy atom. The molecule has 0 atom stereocenters. The Morgan fingerprint density at radius 3 is 2.79 bits per heavy atom. The van der Waals surface area contributed by atoms with Crippen molar-refractivity contribution < 1.29 is 9.18 Å². The monoisotopic (exact) mass is 535 g/mol. The van der Waals surface area contributed by atoms with Gasteiger partial charge in [0.1, 0.15) is 10.8 Å². The van der Waals surface area contributed by atoms with Crippen LogP contribution in [0.25, 0.3) is 0 Å². The Labute approximate surface area is 227 Å². The van der Waals surface area contributed by atoms with Crippen molar-refractivity contribution in [3.63, 3.8) is 0 Å². The number of carbonyl (C=O) groups is 1. The fraction of sp³-hybridized carbons (Fsp3) is 0.357. The zero-order chi connectivity index (χ0) is 27.4. The molecular formula is C28H31ClFN7O. The van der Waals surface area contributed by atoms with E-state index in [-0.39, 0.29) is 33.8 Å². The number of rotatable bonds is 8. The van der Waals surface area contributed by atoms with Gasteiger partial charge < -0.3 is 20.4 Å². The highest BCUT2D eigenvalue weighted by Gasteiger charge is 2.32. The maximum Gasteiger partial charge on any atom is 0.229 e. The molecule has 8 nitrogen and oxygen atoms in total. The molecule has 0 unspecified atom stereocenters. The van der Waals surface area contributed by atoms with Gasteiger partial charge in [-0.25, -0.2) is 9.37 Å². The number of benzene rings is 2. The van der Waals surface area contributed by atoms with E-state index in [0.29, 0.717) is 37.3 Å². The number of carbonyl (C=O) groups excluding carboxylic acids is 1. The zero-order valence-electron chi connectivity index (χ0n) is 22.0. The fourth-order valence-electron chi connectivity index (χ4n) is 4.63. The lowest BCUT2D eigenvalue weighted by molar-refractivity contribution is -0.118. The number of nitrogens with zero attached hydrogens (tertiary/aromatic N) is 5. The number of para-hydroxylation sites is 1. The molecule has 0 fully saturated rings. The van der Waals surface area contributed by atoms with Gasteiger partial charge in [-0.1, -0.05) is 37.6 Å². The maximum absolute atomic E-state index is 14.9. The van der Waals surface area contributed by atoms with E-state index in [1.165, 1.54) is 12.3 Å². The highest BCUT2D eigenvalue weighted by Crippen LogP contribution is 2.41. The largest absolute Gasteiger partial charge is 0.372 e. The number of aromatic nitrogens is 2. The lowest BCUT2D eigenvalue weighted by atomic mass is 9.80. The average molecular weight is 536 g/mol. The SMILES string of the molecule is CCN1C(=O)CCC(C)(C)c2ccc(Nc3ncc(Cl)c(Nc4c(F)cccc4N(C)CCC#N)n3)cc21. The van der Waals surface area contributed by atoms with E-state index in [1.807, 2.05) is 30.0 Å². The number of hydrogen-bond donors (Lipinski definition) is 2. The van der Waals surface area contributed by atoms with E-state index in [9.17, 15) is 9.18 Å². The molecule has 1 aliphatic heterocycles. The second-order valence-electron chi connectivity index (χ2n) is 9.86. The van der Waals surface area contributed by atoms with Crippen LogP contribution < -0.4 is 20.4 Å². The summed E-state index contributed by atoms with van der Waals surface area (Å²) in [7, 11) is 1.79. The number of anilines is 6. The van der Waals surface area contributed by atoms with Gasteiger partial charge in [0.2, 0.25) is 11.9 Å². The van der Waals surface area contributed by atoms with Gasteiger partial charge in [0.15, 0.2) is 5.82 Å². The van der Waals surface area contributed by atoms with Crippen molar-refractivity contribution >= 4 is 52.0 Å². The Bertz CT molecular complexity index is 1390. The second-order valence-corrected chi connectivity index (χ2v) is 10.3. The van der Waals surface area contributed by atoms with Crippen LogP contribution in [0.15, 0.2) is 42.6 Å². The van der Waals surface area contributed by atoms with Crippen molar-refractivity contribution in [2.45, 2.75) is 45.4 Å². The first-order chi connectivity index (χ1) is 18.1. The first-order valence-corrected chi connectivity index (χ1v) is 12.9. The summed E-state index contributed by atoms with van der Waals surface area (Å²) >= 11 is 6.38. The third-order valence-corrected chi connectivity index (χ3v) is 7.08. The van der Waals surface area contributed by atoms with Gasteiger partial charge in [-0.2, -0.15) is 10.2 Å². The van der Waals surface area contributed by atoms with Gasteiger partial charge in [-0.3, -0.25) is 4.79 Å². The lowest BCUT2D eigenvalue weighted by Crippen LogP contribution is -2.29. The molecule has 1 aromatic heterocycles. The summed E-state index contributed by atoms with van der Waals surface area (Å²) in [6.07, 6.45) is 3.01. The van der Waals surface area contributed by atoms with Crippen LogP contribution >= 0.6 is 11.6 Å². The van der Waals surface area contributed by atoms with Gasteiger partial charge in [0.05, 0.1) is 30.1 Å². The van der Waals surface area contributed by atoms with Crippen molar-refractivity contribution in [1.82, 2.24) is 9.97 Å². The normalized spacial score (nSPS) is 14.3. The minimum absolute atomic E-state index is 0.103.